The van der Waals surface area contributed by atoms with Crippen molar-refractivity contribution < 1.29 is 27.5 Å². The van der Waals surface area contributed by atoms with Crippen molar-refractivity contribution in [2.45, 2.75) is 45.4 Å². The third kappa shape index (κ3) is 5.22. The highest BCUT2D eigenvalue weighted by atomic mass is 19.4. The van der Waals surface area contributed by atoms with Crippen LogP contribution in [-0.2, 0) is 14.3 Å². The lowest BCUT2D eigenvalue weighted by Gasteiger charge is -2.29. The molecule has 0 spiro atoms. The molecule has 0 saturated carbocycles. The van der Waals surface area contributed by atoms with Crippen molar-refractivity contribution in [1.82, 2.24) is 4.90 Å². The van der Waals surface area contributed by atoms with E-state index in [1.54, 1.807) is 20.8 Å². The summed E-state index contributed by atoms with van der Waals surface area (Å²) in [5.41, 5.74) is 0.0895. The molecule has 1 saturated heterocycles. The number of nitrogens with zero attached hydrogens (tertiary/aromatic N) is 1. The van der Waals surface area contributed by atoms with Crippen LogP contribution >= 0.6 is 0 Å². The molecule has 1 amide bonds. The van der Waals surface area contributed by atoms with Crippen molar-refractivity contribution in [3.63, 3.8) is 0 Å². The van der Waals surface area contributed by atoms with E-state index >= 15 is 0 Å². The average molecular weight is 293 g/mol. The van der Waals surface area contributed by atoms with E-state index in [0.717, 1.165) is 4.90 Å². The predicted molar refractivity (Wildman–Crippen MR) is 65.8 cm³/mol. The van der Waals surface area contributed by atoms with E-state index in [2.05, 4.69) is 0 Å². The van der Waals surface area contributed by atoms with Gasteiger partial charge in [-0.2, -0.15) is 13.2 Å². The maximum absolute atomic E-state index is 12.2. The Balaban J connectivity index is 2.54. The van der Waals surface area contributed by atoms with Crippen LogP contribution in [0.1, 0.15) is 33.6 Å². The summed E-state index contributed by atoms with van der Waals surface area (Å²) in [6, 6.07) is 0. The highest BCUT2D eigenvalue weighted by Gasteiger charge is 2.42. The molecule has 1 aliphatic rings. The molecule has 0 aliphatic carbocycles. The van der Waals surface area contributed by atoms with Gasteiger partial charge in [0.15, 0.2) is 0 Å². The highest BCUT2D eigenvalue weighted by Crippen LogP contribution is 2.23. The molecule has 20 heavy (non-hydrogen) atoms. The number of ether oxygens (including phenoxy) is 1. The van der Waals surface area contributed by atoms with Gasteiger partial charge in [0.2, 0.25) is 0 Å². The van der Waals surface area contributed by atoms with Gasteiger partial charge in [0.1, 0.15) is 5.60 Å². The van der Waals surface area contributed by atoms with Crippen molar-refractivity contribution in [3.8, 4) is 0 Å². The van der Waals surface area contributed by atoms with Crippen molar-refractivity contribution in [2.24, 2.45) is 0 Å². The van der Waals surface area contributed by atoms with E-state index in [9.17, 15) is 22.8 Å². The van der Waals surface area contributed by atoms with Crippen LogP contribution in [0.15, 0.2) is 11.6 Å². The standard InChI is InChI=1S/C13H18F3NO3/c1-12(2,3)20-10(18)8-9-4-6-17(7-5-9)11(19)13(14,15)16/h8H,4-7H2,1-3H3. The van der Waals surface area contributed by atoms with Crippen LogP contribution in [0.25, 0.3) is 0 Å². The fraction of sp³-hybridized carbons (Fsp3) is 0.692. The largest absolute Gasteiger partial charge is 0.471 e. The van der Waals surface area contributed by atoms with Crippen LogP contribution in [0.5, 0.6) is 0 Å². The zero-order chi connectivity index (χ0) is 15.6. The average Bonchev–Trinajstić information content (AvgIpc) is 2.25. The minimum Gasteiger partial charge on any atom is -0.457 e. The number of hydrogen-bond acceptors (Lipinski definition) is 3. The molecule has 114 valence electrons. The summed E-state index contributed by atoms with van der Waals surface area (Å²) < 4.78 is 41.8. The number of amides is 1. The van der Waals surface area contributed by atoms with E-state index in [0.29, 0.717) is 5.57 Å². The Kier molecular flexibility index (Phi) is 4.83. The fourth-order valence-electron chi connectivity index (χ4n) is 1.82. The second kappa shape index (κ2) is 5.85. The molecule has 1 heterocycles. The van der Waals surface area contributed by atoms with Crippen LogP contribution in [0.2, 0.25) is 0 Å². The second-order valence-electron chi connectivity index (χ2n) is 5.63. The van der Waals surface area contributed by atoms with Crippen LogP contribution in [-0.4, -0.2) is 41.6 Å². The first-order valence-electron chi connectivity index (χ1n) is 6.27. The number of halogens is 3. The summed E-state index contributed by atoms with van der Waals surface area (Å²) in [4.78, 5) is 23.3. The molecule has 0 aromatic carbocycles. The Morgan fingerprint density at radius 1 is 1.15 bits per heavy atom. The highest BCUT2D eigenvalue weighted by molar-refractivity contribution is 5.84. The van der Waals surface area contributed by atoms with Gasteiger partial charge in [-0.3, -0.25) is 4.79 Å². The van der Waals surface area contributed by atoms with Gasteiger partial charge in [-0.05, 0) is 33.6 Å². The van der Waals surface area contributed by atoms with Gasteiger partial charge in [-0.25, -0.2) is 4.79 Å². The molecule has 0 aromatic heterocycles. The lowest BCUT2D eigenvalue weighted by Crippen LogP contribution is -2.44. The SMILES string of the molecule is CC(C)(C)OC(=O)C=C1CCN(C(=O)C(F)(F)F)CC1. The normalized spacial score (nSPS) is 16.9. The lowest BCUT2D eigenvalue weighted by molar-refractivity contribution is -0.185. The van der Waals surface area contributed by atoms with Gasteiger partial charge >= 0.3 is 18.1 Å². The molecule has 1 rings (SSSR count). The van der Waals surface area contributed by atoms with E-state index < -0.39 is 23.7 Å². The molecule has 0 unspecified atom stereocenters. The topological polar surface area (TPSA) is 46.6 Å². The summed E-state index contributed by atoms with van der Waals surface area (Å²) in [6.45, 7) is 5.12. The number of rotatable bonds is 1. The maximum Gasteiger partial charge on any atom is 0.471 e. The predicted octanol–water partition coefficient (Wildman–Crippen LogP) is 2.44. The van der Waals surface area contributed by atoms with Crippen LogP contribution in [0, 0.1) is 0 Å². The van der Waals surface area contributed by atoms with Crippen molar-refractivity contribution in [2.75, 3.05) is 13.1 Å². The molecule has 0 bridgehead atoms. The summed E-state index contributed by atoms with van der Waals surface area (Å²) in [5, 5.41) is 0. The Labute approximate surface area is 115 Å². The third-order valence-electron chi connectivity index (χ3n) is 2.66. The summed E-state index contributed by atoms with van der Waals surface area (Å²) in [5.74, 6) is -2.34. The smallest absolute Gasteiger partial charge is 0.457 e. The first-order chi connectivity index (χ1) is 8.99. The quantitative estimate of drug-likeness (QED) is 0.551. The fourth-order valence-corrected chi connectivity index (χ4v) is 1.82. The van der Waals surface area contributed by atoms with Crippen LogP contribution in [0.3, 0.4) is 0 Å². The molecule has 7 heteroatoms. The summed E-state index contributed by atoms with van der Waals surface area (Å²) in [6.07, 6.45) is -3.03. The van der Waals surface area contributed by atoms with Gasteiger partial charge in [0, 0.05) is 19.2 Å². The molecule has 0 atom stereocenters. The first kappa shape index (κ1) is 16.5. The molecule has 1 fully saturated rings. The third-order valence-corrected chi connectivity index (χ3v) is 2.66. The molecule has 0 aromatic rings. The first-order valence-corrected chi connectivity index (χ1v) is 6.27. The van der Waals surface area contributed by atoms with E-state index in [4.69, 9.17) is 4.74 Å². The van der Waals surface area contributed by atoms with Crippen LogP contribution in [0.4, 0.5) is 13.2 Å². The zero-order valence-corrected chi connectivity index (χ0v) is 11.7. The van der Waals surface area contributed by atoms with Gasteiger partial charge < -0.3 is 9.64 Å². The minimum absolute atomic E-state index is 0.0347. The van der Waals surface area contributed by atoms with E-state index in [-0.39, 0.29) is 25.9 Å². The van der Waals surface area contributed by atoms with E-state index in [1.165, 1.54) is 6.08 Å². The lowest BCUT2D eigenvalue weighted by atomic mass is 10.0. The number of alkyl halides is 3. The van der Waals surface area contributed by atoms with Crippen molar-refractivity contribution >= 4 is 11.9 Å². The van der Waals surface area contributed by atoms with E-state index in [1.807, 2.05) is 0 Å². The molecule has 1 aliphatic heterocycles. The molecule has 4 nitrogen and oxygen atoms in total. The van der Waals surface area contributed by atoms with Gasteiger partial charge in [-0.1, -0.05) is 5.57 Å². The Morgan fingerprint density at radius 2 is 1.65 bits per heavy atom. The van der Waals surface area contributed by atoms with Crippen LogP contribution < -0.4 is 0 Å². The second-order valence-corrected chi connectivity index (χ2v) is 5.63. The summed E-state index contributed by atoms with van der Waals surface area (Å²) in [7, 11) is 0. The number of hydrogen-bond donors (Lipinski definition) is 0. The Morgan fingerprint density at radius 3 is 2.05 bits per heavy atom. The van der Waals surface area contributed by atoms with Gasteiger partial charge in [0.25, 0.3) is 0 Å². The number of esters is 1. The van der Waals surface area contributed by atoms with Crippen molar-refractivity contribution in [1.29, 1.82) is 0 Å². The molecule has 0 N–H and O–H groups in total. The molecular weight excluding hydrogens is 275 g/mol. The number of carbonyl (C=O) groups is 2. The molecule has 0 radical (unpaired) electrons. The van der Waals surface area contributed by atoms with Crippen molar-refractivity contribution in [3.05, 3.63) is 11.6 Å². The maximum atomic E-state index is 12.2. The minimum atomic E-state index is -4.84. The molecular formula is C13H18F3NO3. The number of likely N-dealkylation sites (tertiary alicyclic amines) is 1. The van der Waals surface area contributed by atoms with Gasteiger partial charge in [0.05, 0.1) is 0 Å². The Hall–Kier alpha value is -1.53. The summed E-state index contributed by atoms with van der Waals surface area (Å²) >= 11 is 0. The van der Waals surface area contributed by atoms with Gasteiger partial charge in [-0.15, -0.1) is 0 Å². The zero-order valence-electron chi connectivity index (χ0n) is 11.7. The number of piperidine rings is 1. The monoisotopic (exact) mass is 293 g/mol. The number of carbonyl (C=O) groups excluding carboxylic acids is 2. The Bertz CT molecular complexity index is 412.